The van der Waals surface area contributed by atoms with Crippen LogP contribution in [-0.2, 0) is 5.41 Å². The Kier molecular flexibility index (Phi) is 2.06. The van der Waals surface area contributed by atoms with Crippen LogP contribution in [0.5, 0.6) is 0 Å². The van der Waals surface area contributed by atoms with Crippen LogP contribution >= 0.6 is 0 Å². The van der Waals surface area contributed by atoms with Crippen LogP contribution in [0.4, 0.5) is 5.69 Å². The van der Waals surface area contributed by atoms with Crippen LogP contribution in [0.15, 0.2) is 42.5 Å². The molecule has 86 valence electrons. The van der Waals surface area contributed by atoms with Gasteiger partial charge in [0.2, 0.25) is 0 Å². The molecule has 17 heavy (non-hydrogen) atoms. The van der Waals surface area contributed by atoms with E-state index in [-0.39, 0.29) is 5.41 Å². The van der Waals surface area contributed by atoms with E-state index < -0.39 is 0 Å². The fourth-order valence-corrected chi connectivity index (χ4v) is 2.86. The third-order valence-electron chi connectivity index (χ3n) is 3.87. The quantitative estimate of drug-likeness (QED) is 0.769. The maximum absolute atomic E-state index is 3.22. The number of hydrogen-bond acceptors (Lipinski definition) is 1. The van der Waals surface area contributed by atoms with Crippen molar-refractivity contribution in [2.75, 3.05) is 12.4 Å². The summed E-state index contributed by atoms with van der Waals surface area (Å²) in [4.78, 5) is 0. The van der Waals surface area contributed by atoms with Gasteiger partial charge in [0, 0.05) is 18.2 Å². The third kappa shape index (κ3) is 1.32. The highest BCUT2D eigenvalue weighted by molar-refractivity contribution is 5.82. The van der Waals surface area contributed by atoms with Crippen LogP contribution < -0.4 is 5.32 Å². The summed E-state index contributed by atoms with van der Waals surface area (Å²) in [6, 6.07) is 15.4. The molecule has 0 atom stereocenters. The number of benzene rings is 2. The molecule has 3 rings (SSSR count). The summed E-state index contributed by atoms with van der Waals surface area (Å²) in [5.41, 5.74) is 6.91. The summed E-state index contributed by atoms with van der Waals surface area (Å²) < 4.78 is 0. The van der Waals surface area contributed by atoms with Gasteiger partial charge in [-0.05, 0) is 34.4 Å². The van der Waals surface area contributed by atoms with E-state index in [1.807, 2.05) is 7.05 Å². The molecule has 0 saturated carbocycles. The van der Waals surface area contributed by atoms with Crippen molar-refractivity contribution in [3.63, 3.8) is 0 Å². The van der Waals surface area contributed by atoms with Crippen molar-refractivity contribution in [1.82, 2.24) is 0 Å². The standard InChI is InChI=1S/C16H17N/c1-16(2)14-7-5-4-6-12(14)13-9-8-11(17-3)10-15(13)16/h4-10,17H,1-3H3. The molecule has 0 bridgehead atoms. The minimum Gasteiger partial charge on any atom is -0.388 e. The molecule has 0 amide bonds. The molecule has 0 aromatic heterocycles. The molecule has 2 aromatic rings. The fourth-order valence-electron chi connectivity index (χ4n) is 2.86. The van der Waals surface area contributed by atoms with Crippen LogP contribution in [0.3, 0.4) is 0 Å². The van der Waals surface area contributed by atoms with Gasteiger partial charge in [-0.2, -0.15) is 0 Å². The number of hydrogen-bond donors (Lipinski definition) is 1. The summed E-state index contributed by atoms with van der Waals surface area (Å²) in [7, 11) is 1.97. The van der Waals surface area contributed by atoms with Crippen molar-refractivity contribution in [2.45, 2.75) is 19.3 Å². The van der Waals surface area contributed by atoms with Crippen LogP contribution in [0, 0.1) is 0 Å². The molecule has 0 unspecified atom stereocenters. The maximum Gasteiger partial charge on any atom is 0.0341 e. The van der Waals surface area contributed by atoms with E-state index in [4.69, 9.17) is 0 Å². The topological polar surface area (TPSA) is 12.0 Å². The first-order valence-corrected chi connectivity index (χ1v) is 6.07. The van der Waals surface area contributed by atoms with Gasteiger partial charge in [0.05, 0.1) is 0 Å². The molecule has 1 nitrogen and oxygen atoms in total. The summed E-state index contributed by atoms with van der Waals surface area (Å²) in [5, 5.41) is 3.22. The highest BCUT2D eigenvalue weighted by atomic mass is 14.8. The fraction of sp³-hybridized carbons (Fsp3) is 0.250. The van der Waals surface area contributed by atoms with E-state index in [1.165, 1.54) is 27.9 Å². The van der Waals surface area contributed by atoms with Gasteiger partial charge in [0.15, 0.2) is 0 Å². The predicted molar refractivity (Wildman–Crippen MR) is 73.6 cm³/mol. The van der Waals surface area contributed by atoms with Crippen molar-refractivity contribution >= 4 is 5.69 Å². The van der Waals surface area contributed by atoms with Crippen molar-refractivity contribution in [3.05, 3.63) is 53.6 Å². The Hall–Kier alpha value is -1.76. The lowest BCUT2D eigenvalue weighted by molar-refractivity contribution is 0.660. The monoisotopic (exact) mass is 223 g/mol. The first-order valence-electron chi connectivity index (χ1n) is 6.07. The van der Waals surface area contributed by atoms with E-state index in [0.717, 1.165) is 0 Å². The zero-order valence-corrected chi connectivity index (χ0v) is 10.5. The molecule has 0 saturated heterocycles. The first-order chi connectivity index (χ1) is 8.14. The zero-order chi connectivity index (χ0) is 12.0. The molecule has 0 radical (unpaired) electrons. The largest absolute Gasteiger partial charge is 0.388 e. The number of fused-ring (bicyclic) bond motifs is 3. The summed E-state index contributed by atoms with van der Waals surface area (Å²) in [6.07, 6.45) is 0. The first kappa shape index (κ1) is 10.4. The summed E-state index contributed by atoms with van der Waals surface area (Å²) in [5.74, 6) is 0. The molecular weight excluding hydrogens is 206 g/mol. The SMILES string of the molecule is CNc1ccc2c(c1)C(C)(C)c1ccccc1-2. The highest BCUT2D eigenvalue weighted by Gasteiger charge is 2.34. The molecule has 1 N–H and O–H groups in total. The smallest absolute Gasteiger partial charge is 0.0341 e. The minimum absolute atomic E-state index is 0.110. The van der Waals surface area contributed by atoms with Gasteiger partial charge in [0.1, 0.15) is 0 Å². The molecular formula is C16H17N. The maximum atomic E-state index is 3.22. The zero-order valence-electron chi connectivity index (χ0n) is 10.5. The second-order valence-corrected chi connectivity index (χ2v) is 5.18. The Balaban J connectivity index is 2.32. The lowest BCUT2D eigenvalue weighted by Gasteiger charge is -2.21. The second-order valence-electron chi connectivity index (χ2n) is 5.18. The molecule has 0 fully saturated rings. The van der Waals surface area contributed by atoms with E-state index in [0.29, 0.717) is 0 Å². The van der Waals surface area contributed by atoms with Crippen LogP contribution in [0.2, 0.25) is 0 Å². The third-order valence-corrected chi connectivity index (χ3v) is 3.87. The average molecular weight is 223 g/mol. The van der Waals surface area contributed by atoms with E-state index in [9.17, 15) is 0 Å². The number of nitrogens with one attached hydrogen (secondary N) is 1. The van der Waals surface area contributed by atoms with Gasteiger partial charge in [-0.15, -0.1) is 0 Å². The minimum atomic E-state index is 0.110. The lowest BCUT2D eigenvalue weighted by atomic mass is 9.82. The normalized spacial score (nSPS) is 15.2. The average Bonchev–Trinajstić information content (AvgIpc) is 2.59. The Morgan fingerprint density at radius 1 is 0.882 bits per heavy atom. The van der Waals surface area contributed by atoms with Crippen molar-refractivity contribution < 1.29 is 0 Å². The number of anilines is 1. The van der Waals surface area contributed by atoms with Crippen molar-refractivity contribution in [1.29, 1.82) is 0 Å². The Bertz CT molecular complexity index is 582. The van der Waals surface area contributed by atoms with E-state index >= 15 is 0 Å². The van der Waals surface area contributed by atoms with E-state index in [1.54, 1.807) is 0 Å². The van der Waals surface area contributed by atoms with Crippen molar-refractivity contribution in [3.8, 4) is 11.1 Å². The Labute approximate surface area is 102 Å². The van der Waals surface area contributed by atoms with Gasteiger partial charge in [-0.3, -0.25) is 0 Å². The van der Waals surface area contributed by atoms with Gasteiger partial charge in [-0.25, -0.2) is 0 Å². The van der Waals surface area contributed by atoms with Gasteiger partial charge < -0.3 is 5.32 Å². The molecule has 0 spiro atoms. The van der Waals surface area contributed by atoms with Gasteiger partial charge in [0.25, 0.3) is 0 Å². The highest BCUT2D eigenvalue weighted by Crippen LogP contribution is 2.48. The molecule has 2 aromatic carbocycles. The molecule has 0 aliphatic heterocycles. The van der Waals surface area contributed by atoms with Crippen LogP contribution in [0.1, 0.15) is 25.0 Å². The molecule has 0 heterocycles. The van der Waals surface area contributed by atoms with Crippen molar-refractivity contribution in [2.24, 2.45) is 0 Å². The van der Waals surface area contributed by atoms with Gasteiger partial charge in [-0.1, -0.05) is 44.2 Å². The van der Waals surface area contributed by atoms with Crippen LogP contribution in [-0.4, -0.2) is 7.05 Å². The molecule has 1 heteroatoms. The Morgan fingerprint density at radius 3 is 2.35 bits per heavy atom. The van der Waals surface area contributed by atoms with Gasteiger partial charge >= 0.3 is 0 Å². The second kappa shape index (κ2) is 3.36. The van der Waals surface area contributed by atoms with E-state index in [2.05, 4.69) is 61.6 Å². The summed E-state index contributed by atoms with van der Waals surface area (Å²) >= 11 is 0. The van der Waals surface area contributed by atoms with Crippen LogP contribution in [0.25, 0.3) is 11.1 Å². The molecule has 1 aliphatic carbocycles. The predicted octanol–water partition coefficient (Wildman–Crippen LogP) is 4.03. The lowest BCUT2D eigenvalue weighted by Crippen LogP contribution is -2.15. The summed E-state index contributed by atoms with van der Waals surface area (Å²) in [6.45, 7) is 4.61. The Morgan fingerprint density at radius 2 is 1.59 bits per heavy atom. The molecule has 1 aliphatic rings. The number of rotatable bonds is 1.